The van der Waals surface area contributed by atoms with Crippen molar-refractivity contribution in [3.63, 3.8) is 0 Å². The molecular weight excluding hydrogens is 598 g/mol. The second kappa shape index (κ2) is 9.57. The highest BCUT2D eigenvalue weighted by molar-refractivity contribution is 9.10. The SMILES string of the molecule is O=C(N[C@@H]1CCN(c2c(C(=O)N3CC(F)(F)C3)cc(Br)cc2C(F)(F)F)C1)c1cc(=O)[nH]c2c(F)cccc12. The Bertz CT molecular complexity index is 1550. The number of nitrogens with zero attached hydrogens (tertiary/aromatic N) is 2. The van der Waals surface area contributed by atoms with Crippen LogP contribution in [0.1, 0.15) is 32.7 Å². The zero-order chi connectivity index (χ0) is 28.3. The number of pyridine rings is 1. The lowest BCUT2D eigenvalue weighted by Gasteiger charge is -2.39. The van der Waals surface area contributed by atoms with E-state index in [0.717, 1.165) is 29.2 Å². The minimum atomic E-state index is -4.87. The molecule has 0 aliphatic carbocycles. The van der Waals surface area contributed by atoms with Crippen molar-refractivity contribution in [3.8, 4) is 0 Å². The molecule has 0 bridgehead atoms. The minimum Gasteiger partial charge on any atom is -0.368 e. The van der Waals surface area contributed by atoms with Crippen molar-refractivity contribution in [3.05, 3.63) is 73.7 Å². The summed E-state index contributed by atoms with van der Waals surface area (Å²) in [6.07, 6.45) is -4.69. The molecule has 14 heteroatoms. The van der Waals surface area contributed by atoms with E-state index in [4.69, 9.17) is 0 Å². The molecule has 2 saturated heterocycles. The number of nitrogens with one attached hydrogen (secondary N) is 2. The number of aromatic amines is 1. The number of carbonyl (C=O) groups is 2. The van der Waals surface area contributed by atoms with Gasteiger partial charge in [-0.05, 0) is 24.6 Å². The molecule has 3 aromatic rings. The fourth-order valence-electron chi connectivity index (χ4n) is 4.92. The van der Waals surface area contributed by atoms with Crippen LogP contribution < -0.4 is 15.8 Å². The Balaban J connectivity index is 1.44. The zero-order valence-corrected chi connectivity index (χ0v) is 21.4. The van der Waals surface area contributed by atoms with Gasteiger partial charge in [-0.15, -0.1) is 0 Å². The van der Waals surface area contributed by atoms with Crippen molar-refractivity contribution in [1.82, 2.24) is 15.2 Å². The number of rotatable bonds is 4. The monoisotopic (exact) mass is 616 g/mol. The van der Waals surface area contributed by atoms with Gasteiger partial charge in [-0.3, -0.25) is 14.4 Å². The number of hydrogen-bond acceptors (Lipinski definition) is 4. The predicted molar refractivity (Wildman–Crippen MR) is 133 cm³/mol. The molecule has 2 N–H and O–H groups in total. The summed E-state index contributed by atoms with van der Waals surface area (Å²) >= 11 is 2.98. The average molecular weight is 617 g/mol. The fourth-order valence-corrected chi connectivity index (χ4v) is 5.38. The van der Waals surface area contributed by atoms with Gasteiger partial charge in [0.25, 0.3) is 17.7 Å². The summed E-state index contributed by atoms with van der Waals surface area (Å²) in [6, 6.07) is 6.19. The quantitative estimate of drug-likeness (QED) is 0.421. The van der Waals surface area contributed by atoms with Crippen LogP contribution in [0, 0.1) is 5.82 Å². The molecule has 1 atom stereocenters. The van der Waals surface area contributed by atoms with Gasteiger partial charge in [-0.25, -0.2) is 13.2 Å². The Morgan fingerprint density at radius 1 is 1.10 bits per heavy atom. The molecule has 5 rings (SSSR count). The highest BCUT2D eigenvalue weighted by Crippen LogP contribution is 2.43. The number of fused-ring (bicyclic) bond motifs is 1. The highest BCUT2D eigenvalue weighted by Gasteiger charge is 2.48. The lowest BCUT2D eigenvalue weighted by Crippen LogP contribution is -2.58. The van der Waals surface area contributed by atoms with Crippen LogP contribution in [0.2, 0.25) is 0 Å². The largest absolute Gasteiger partial charge is 0.418 e. The molecule has 0 spiro atoms. The van der Waals surface area contributed by atoms with Crippen LogP contribution in [-0.4, -0.2) is 59.8 Å². The van der Waals surface area contributed by atoms with Crippen molar-refractivity contribution in [2.75, 3.05) is 31.1 Å². The van der Waals surface area contributed by atoms with Crippen molar-refractivity contribution >= 4 is 44.3 Å². The maximum absolute atomic E-state index is 14.2. The van der Waals surface area contributed by atoms with Crippen molar-refractivity contribution in [2.45, 2.75) is 24.6 Å². The number of benzene rings is 2. The average Bonchev–Trinajstić information content (AvgIpc) is 3.29. The van der Waals surface area contributed by atoms with Crippen molar-refractivity contribution in [2.24, 2.45) is 0 Å². The van der Waals surface area contributed by atoms with Gasteiger partial charge in [-0.2, -0.15) is 13.2 Å². The van der Waals surface area contributed by atoms with Crippen molar-refractivity contribution in [1.29, 1.82) is 0 Å². The standard InChI is InChI=1S/C25H19BrF6N4O3/c26-12-6-16(23(39)36-10-24(28,29)11-36)21(17(7-12)25(30,31)32)35-5-4-13(9-35)33-22(38)15-8-19(37)34-20-14(15)2-1-3-18(20)27/h1-3,6-8,13H,4-5,9-11H2,(H,33,38)(H,34,37)/t13-/m1/s1. The molecule has 7 nitrogen and oxygen atoms in total. The number of anilines is 1. The number of amides is 2. The van der Waals surface area contributed by atoms with Gasteiger partial charge in [0.2, 0.25) is 5.56 Å². The molecule has 2 amide bonds. The number of hydrogen-bond donors (Lipinski definition) is 2. The second-order valence-corrected chi connectivity index (χ2v) is 10.4. The van der Waals surface area contributed by atoms with E-state index in [1.54, 1.807) is 0 Å². The smallest absolute Gasteiger partial charge is 0.368 e. The molecule has 1 aromatic heterocycles. The van der Waals surface area contributed by atoms with Crippen LogP contribution in [0.25, 0.3) is 10.9 Å². The highest BCUT2D eigenvalue weighted by atomic mass is 79.9. The number of carbonyl (C=O) groups excluding carboxylic acids is 2. The zero-order valence-electron chi connectivity index (χ0n) is 19.8. The topological polar surface area (TPSA) is 85.5 Å². The van der Waals surface area contributed by atoms with Gasteiger partial charge in [0.05, 0.1) is 41.0 Å². The van der Waals surface area contributed by atoms with E-state index in [-0.39, 0.29) is 40.4 Å². The summed E-state index contributed by atoms with van der Waals surface area (Å²) in [5, 5.41) is 2.81. The fraction of sp³-hybridized carbons (Fsp3) is 0.320. The molecule has 0 radical (unpaired) electrons. The van der Waals surface area contributed by atoms with E-state index < -0.39 is 71.2 Å². The number of alkyl halides is 5. The predicted octanol–water partition coefficient (Wildman–Crippen LogP) is 4.55. The number of likely N-dealkylation sites (tertiary alicyclic amines) is 1. The van der Waals surface area contributed by atoms with Gasteiger partial charge in [0.1, 0.15) is 5.82 Å². The van der Waals surface area contributed by atoms with Crippen LogP contribution in [0.15, 0.2) is 45.7 Å². The Labute approximate surface area is 224 Å². The van der Waals surface area contributed by atoms with Crippen LogP contribution in [-0.2, 0) is 6.18 Å². The van der Waals surface area contributed by atoms with Gasteiger partial charge < -0.3 is 20.1 Å². The lowest BCUT2D eigenvalue weighted by molar-refractivity contribution is -0.137. The molecule has 2 aliphatic rings. The van der Waals surface area contributed by atoms with E-state index in [0.29, 0.717) is 0 Å². The van der Waals surface area contributed by atoms with Crippen LogP contribution >= 0.6 is 15.9 Å². The first-order valence-corrected chi connectivity index (χ1v) is 12.5. The van der Waals surface area contributed by atoms with Gasteiger partial charge >= 0.3 is 6.18 Å². The molecule has 2 fully saturated rings. The molecule has 2 aliphatic heterocycles. The molecule has 206 valence electrons. The Hall–Kier alpha value is -3.55. The van der Waals surface area contributed by atoms with Crippen LogP contribution in [0.5, 0.6) is 0 Å². The minimum absolute atomic E-state index is 0.0108. The summed E-state index contributed by atoms with van der Waals surface area (Å²) in [7, 11) is 0. The number of aromatic nitrogens is 1. The third-order valence-corrected chi connectivity index (χ3v) is 7.11. The summed E-state index contributed by atoms with van der Waals surface area (Å²) in [5.41, 5.74) is -2.97. The van der Waals surface area contributed by atoms with E-state index in [2.05, 4.69) is 26.2 Å². The summed E-state index contributed by atoms with van der Waals surface area (Å²) in [6.45, 7) is -1.93. The second-order valence-electron chi connectivity index (χ2n) is 9.48. The number of H-pyrrole nitrogens is 1. The normalized spacial score (nSPS) is 18.8. The van der Waals surface area contributed by atoms with Crippen LogP contribution in [0.3, 0.4) is 0 Å². The first-order chi connectivity index (χ1) is 18.2. The maximum Gasteiger partial charge on any atom is 0.418 e. The Morgan fingerprint density at radius 2 is 1.82 bits per heavy atom. The van der Waals surface area contributed by atoms with Crippen molar-refractivity contribution < 1.29 is 35.9 Å². The summed E-state index contributed by atoms with van der Waals surface area (Å²) in [4.78, 5) is 42.4. The lowest BCUT2D eigenvalue weighted by atomic mass is 10.0. The van der Waals surface area contributed by atoms with E-state index in [1.165, 1.54) is 17.0 Å². The molecule has 0 saturated carbocycles. The molecule has 3 heterocycles. The van der Waals surface area contributed by atoms with E-state index in [1.807, 2.05) is 0 Å². The van der Waals surface area contributed by atoms with Gasteiger partial charge in [0.15, 0.2) is 0 Å². The first kappa shape index (κ1) is 27.0. The maximum atomic E-state index is 14.2. The van der Waals surface area contributed by atoms with Crippen LogP contribution in [0.4, 0.5) is 32.0 Å². The number of para-hydroxylation sites is 1. The third kappa shape index (κ3) is 5.21. The molecule has 39 heavy (non-hydrogen) atoms. The molecule has 2 aromatic carbocycles. The number of halogens is 7. The Morgan fingerprint density at radius 3 is 2.49 bits per heavy atom. The summed E-state index contributed by atoms with van der Waals surface area (Å²) < 4.78 is 83.1. The molecule has 0 unspecified atom stereocenters. The van der Waals surface area contributed by atoms with Gasteiger partial charge in [-0.1, -0.05) is 28.1 Å². The first-order valence-electron chi connectivity index (χ1n) is 11.7. The third-order valence-electron chi connectivity index (χ3n) is 6.65. The Kier molecular flexibility index (Phi) is 6.64. The van der Waals surface area contributed by atoms with E-state index >= 15 is 0 Å². The summed E-state index contributed by atoms with van der Waals surface area (Å²) in [5.74, 6) is -5.54. The van der Waals surface area contributed by atoms with E-state index in [9.17, 15) is 40.7 Å². The van der Waals surface area contributed by atoms with Gasteiger partial charge in [0, 0.05) is 35.1 Å². The molecular formula is C25H19BrF6N4O3.